The molecule has 0 spiro atoms. The highest BCUT2D eigenvalue weighted by Gasteiger charge is 2.22. The molecule has 1 atom stereocenters. The van der Waals surface area contributed by atoms with Crippen LogP contribution in [0.25, 0.3) is 0 Å². The van der Waals surface area contributed by atoms with Gasteiger partial charge in [0.1, 0.15) is 0 Å². The van der Waals surface area contributed by atoms with Crippen molar-refractivity contribution in [1.82, 2.24) is 10.6 Å². The predicted molar refractivity (Wildman–Crippen MR) is 93.6 cm³/mol. The normalized spacial score (nSPS) is 16.2. The molecule has 5 heteroatoms. The maximum atomic E-state index is 10.0. The van der Waals surface area contributed by atoms with E-state index in [-0.39, 0.29) is 24.0 Å². The molecule has 0 aliphatic heterocycles. The number of hydrogen-bond acceptors (Lipinski definition) is 2. The fraction of sp³-hybridized carbons (Fsp3) is 0.533. The first-order valence-electron chi connectivity index (χ1n) is 7.07. The van der Waals surface area contributed by atoms with Crippen molar-refractivity contribution in [3.8, 4) is 0 Å². The second-order valence-corrected chi connectivity index (χ2v) is 4.89. The molecule has 0 amide bonds. The van der Waals surface area contributed by atoms with E-state index < -0.39 is 6.10 Å². The molecule has 1 aromatic carbocycles. The highest BCUT2D eigenvalue weighted by molar-refractivity contribution is 14.0. The Bertz CT molecular complexity index is 407. The van der Waals surface area contributed by atoms with Gasteiger partial charge < -0.3 is 15.7 Å². The van der Waals surface area contributed by atoms with Crippen molar-refractivity contribution in [1.29, 1.82) is 0 Å². The monoisotopic (exact) mass is 389 g/mol. The quantitative estimate of drug-likeness (QED) is 0.398. The highest BCUT2D eigenvalue weighted by Crippen LogP contribution is 2.18. The van der Waals surface area contributed by atoms with Crippen LogP contribution in [0.5, 0.6) is 0 Å². The summed E-state index contributed by atoms with van der Waals surface area (Å²) in [6, 6.07) is 10.3. The molecule has 4 nitrogen and oxygen atoms in total. The molecule has 112 valence electrons. The molecule has 1 unspecified atom stereocenters. The maximum absolute atomic E-state index is 10.0. The van der Waals surface area contributed by atoms with Crippen LogP contribution in [0.15, 0.2) is 35.3 Å². The lowest BCUT2D eigenvalue weighted by atomic mass is 10.1. The van der Waals surface area contributed by atoms with Gasteiger partial charge in [0.25, 0.3) is 0 Å². The van der Waals surface area contributed by atoms with E-state index in [0.29, 0.717) is 19.0 Å². The first kappa shape index (κ1) is 17.2. The third-order valence-corrected chi connectivity index (χ3v) is 3.12. The van der Waals surface area contributed by atoms with Gasteiger partial charge in [0.2, 0.25) is 0 Å². The second-order valence-electron chi connectivity index (χ2n) is 4.89. The molecule has 3 N–H and O–H groups in total. The van der Waals surface area contributed by atoms with Crippen LogP contribution in [0, 0.1) is 0 Å². The summed E-state index contributed by atoms with van der Waals surface area (Å²) in [5.74, 6) is 0.866. The molecule has 1 aliphatic carbocycles. The van der Waals surface area contributed by atoms with Gasteiger partial charge in [-0.15, -0.1) is 24.0 Å². The topological polar surface area (TPSA) is 56.7 Å². The third kappa shape index (κ3) is 6.09. The molecule has 0 saturated heterocycles. The average molecular weight is 389 g/mol. The summed E-state index contributed by atoms with van der Waals surface area (Å²) in [7, 11) is 0. The molecule has 0 radical (unpaired) electrons. The van der Waals surface area contributed by atoms with Crippen LogP contribution < -0.4 is 10.6 Å². The number of benzene rings is 1. The van der Waals surface area contributed by atoms with Crippen LogP contribution >= 0.6 is 24.0 Å². The summed E-state index contributed by atoms with van der Waals surface area (Å²) in [5.41, 5.74) is 0.956. The lowest BCUT2D eigenvalue weighted by Crippen LogP contribution is -2.38. The van der Waals surface area contributed by atoms with E-state index >= 15 is 0 Å². The number of aliphatic imine (C=N–C) groups is 1. The number of hydrogen-bond donors (Lipinski definition) is 3. The summed E-state index contributed by atoms with van der Waals surface area (Å²) in [4.78, 5) is 4.49. The number of aliphatic hydroxyl groups is 1. The van der Waals surface area contributed by atoms with Crippen LogP contribution in [0.4, 0.5) is 0 Å². The Hall–Kier alpha value is -0.820. The molecule has 20 heavy (non-hydrogen) atoms. The number of guanidine groups is 1. The number of halogens is 1. The predicted octanol–water partition coefficient (Wildman–Crippen LogP) is 2.45. The van der Waals surface area contributed by atoms with Crippen molar-refractivity contribution in [3.05, 3.63) is 35.9 Å². The van der Waals surface area contributed by atoms with Crippen LogP contribution in [-0.2, 0) is 0 Å². The zero-order valence-electron chi connectivity index (χ0n) is 11.9. The van der Waals surface area contributed by atoms with Crippen molar-refractivity contribution >= 4 is 29.9 Å². The Morgan fingerprint density at radius 2 is 2.05 bits per heavy atom. The summed E-state index contributed by atoms with van der Waals surface area (Å²) in [6.45, 7) is 3.54. The minimum absolute atomic E-state index is 0. The summed E-state index contributed by atoms with van der Waals surface area (Å²) >= 11 is 0. The van der Waals surface area contributed by atoms with E-state index in [1.54, 1.807) is 0 Å². The molecule has 2 rings (SSSR count). The zero-order valence-corrected chi connectivity index (χ0v) is 14.2. The molecular weight excluding hydrogens is 365 g/mol. The van der Waals surface area contributed by atoms with Gasteiger partial charge >= 0.3 is 0 Å². The standard InChI is InChI=1S/C15H23N3O.HI/c1-2-16-15(18-13-8-9-13)17-11-10-14(19)12-6-4-3-5-7-12;/h3-7,13-14,19H,2,8-11H2,1H3,(H2,16,17,18);1H. The molecule has 0 aromatic heterocycles. The number of aliphatic hydroxyl groups excluding tert-OH is 1. The largest absolute Gasteiger partial charge is 0.388 e. The van der Waals surface area contributed by atoms with Gasteiger partial charge in [-0.2, -0.15) is 0 Å². The van der Waals surface area contributed by atoms with Crippen molar-refractivity contribution in [3.63, 3.8) is 0 Å². The highest BCUT2D eigenvalue weighted by atomic mass is 127. The Labute approximate surface area is 138 Å². The number of nitrogens with one attached hydrogen (secondary N) is 2. The van der Waals surface area contributed by atoms with Gasteiger partial charge in [-0.25, -0.2) is 0 Å². The van der Waals surface area contributed by atoms with E-state index in [2.05, 4.69) is 22.5 Å². The lowest BCUT2D eigenvalue weighted by Gasteiger charge is -2.12. The average Bonchev–Trinajstić information content (AvgIpc) is 3.24. The fourth-order valence-corrected chi connectivity index (χ4v) is 1.88. The van der Waals surface area contributed by atoms with Crippen molar-refractivity contribution in [2.75, 3.05) is 13.1 Å². The van der Waals surface area contributed by atoms with E-state index in [9.17, 15) is 5.11 Å². The molecule has 1 saturated carbocycles. The second kappa shape index (κ2) is 9.18. The first-order chi connectivity index (χ1) is 9.29. The maximum Gasteiger partial charge on any atom is 0.191 e. The van der Waals surface area contributed by atoms with Crippen molar-refractivity contribution < 1.29 is 5.11 Å². The molecule has 1 fully saturated rings. The molecule has 1 aromatic rings. The van der Waals surface area contributed by atoms with E-state index in [4.69, 9.17) is 0 Å². The van der Waals surface area contributed by atoms with Gasteiger partial charge in [-0.3, -0.25) is 4.99 Å². The Balaban J connectivity index is 0.00000200. The lowest BCUT2D eigenvalue weighted by molar-refractivity contribution is 0.170. The summed E-state index contributed by atoms with van der Waals surface area (Å²) in [5, 5.41) is 16.6. The van der Waals surface area contributed by atoms with E-state index in [0.717, 1.165) is 18.1 Å². The number of rotatable bonds is 6. The van der Waals surface area contributed by atoms with Gasteiger partial charge in [0.05, 0.1) is 6.10 Å². The van der Waals surface area contributed by atoms with E-state index in [1.807, 2.05) is 30.3 Å². The van der Waals surface area contributed by atoms with Gasteiger partial charge in [-0.05, 0) is 31.7 Å². The summed E-state index contributed by atoms with van der Waals surface area (Å²) in [6.07, 6.45) is 2.67. The van der Waals surface area contributed by atoms with Crippen LogP contribution in [0.3, 0.4) is 0 Å². The van der Waals surface area contributed by atoms with Crippen molar-refractivity contribution in [2.24, 2.45) is 4.99 Å². The SMILES string of the molecule is CCNC(=NCCC(O)c1ccccc1)NC1CC1.I. The minimum atomic E-state index is -0.436. The first-order valence-corrected chi connectivity index (χ1v) is 7.07. The molecule has 1 aliphatic rings. The zero-order chi connectivity index (χ0) is 13.5. The Morgan fingerprint density at radius 3 is 2.65 bits per heavy atom. The van der Waals surface area contributed by atoms with Gasteiger partial charge in [0, 0.05) is 19.1 Å². The summed E-state index contributed by atoms with van der Waals surface area (Å²) < 4.78 is 0. The molecule has 0 bridgehead atoms. The van der Waals surface area contributed by atoms with E-state index in [1.165, 1.54) is 12.8 Å². The Kier molecular flexibility index (Phi) is 7.91. The van der Waals surface area contributed by atoms with Crippen molar-refractivity contribution in [2.45, 2.75) is 38.3 Å². The minimum Gasteiger partial charge on any atom is -0.388 e. The number of nitrogens with zero attached hydrogens (tertiary/aromatic N) is 1. The molecule has 0 heterocycles. The van der Waals surface area contributed by atoms with Crippen LogP contribution in [0.2, 0.25) is 0 Å². The third-order valence-electron chi connectivity index (χ3n) is 3.12. The van der Waals surface area contributed by atoms with Crippen LogP contribution in [0.1, 0.15) is 37.9 Å². The van der Waals surface area contributed by atoms with Gasteiger partial charge in [0.15, 0.2) is 5.96 Å². The molecular formula is C15H24IN3O. The van der Waals surface area contributed by atoms with Crippen LogP contribution in [-0.4, -0.2) is 30.2 Å². The smallest absolute Gasteiger partial charge is 0.191 e. The Morgan fingerprint density at radius 1 is 1.35 bits per heavy atom. The van der Waals surface area contributed by atoms with Gasteiger partial charge in [-0.1, -0.05) is 30.3 Å². The fourth-order valence-electron chi connectivity index (χ4n) is 1.88.